The van der Waals surface area contributed by atoms with Crippen LogP contribution in [0.25, 0.3) is 11.3 Å². The molecule has 1 aromatic heterocycles. The molecule has 0 saturated heterocycles. The molecule has 0 saturated carbocycles. The molecule has 84 valence electrons. The van der Waals surface area contributed by atoms with Crippen LogP contribution < -0.4 is 0 Å². The van der Waals surface area contributed by atoms with Gasteiger partial charge in [0.1, 0.15) is 5.69 Å². The summed E-state index contributed by atoms with van der Waals surface area (Å²) in [6.07, 6.45) is 3.31. The van der Waals surface area contributed by atoms with E-state index < -0.39 is 0 Å². The van der Waals surface area contributed by atoms with Crippen molar-refractivity contribution in [2.75, 3.05) is 0 Å². The van der Waals surface area contributed by atoms with E-state index in [0.717, 1.165) is 33.4 Å². The lowest BCUT2D eigenvalue weighted by atomic mass is 10.1. The van der Waals surface area contributed by atoms with Crippen LogP contribution in [-0.4, -0.2) is 5.16 Å². The first-order valence-corrected chi connectivity index (χ1v) is 6.60. The highest BCUT2D eigenvalue weighted by Crippen LogP contribution is 2.27. The van der Waals surface area contributed by atoms with Gasteiger partial charge >= 0.3 is 0 Å². The number of rotatable bonds is 4. The van der Waals surface area contributed by atoms with E-state index in [1.54, 1.807) is 0 Å². The number of benzene rings is 1. The fourth-order valence-electron chi connectivity index (χ4n) is 1.58. The molecule has 1 heterocycles. The van der Waals surface area contributed by atoms with E-state index in [1.807, 2.05) is 18.2 Å². The second-order valence-corrected chi connectivity index (χ2v) is 4.82. The van der Waals surface area contributed by atoms with Crippen molar-refractivity contribution in [2.45, 2.75) is 26.2 Å². The highest BCUT2D eigenvalue weighted by atomic mass is 127. The smallest absolute Gasteiger partial charge is 0.150 e. The number of aryl methyl sites for hydroxylation is 1. The summed E-state index contributed by atoms with van der Waals surface area (Å²) in [6.45, 7) is 2.18. The van der Waals surface area contributed by atoms with Crippen LogP contribution in [0.15, 0.2) is 34.9 Å². The van der Waals surface area contributed by atoms with E-state index in [2.05, 4.69) is 46.8 Å². The lowest BCUT2D eigenvalue weighted by Gasteiger charge is -1.96. The van der Waals surface area contributed by atoms with Crippen molar-refractivity contribution in [3.63, 3.8) is 0 Å². The molecule has 3 heteroatoms. The molecule has 2 rings (SSSR count). The van der Waals surface area contributed by atoms with Crippen LogP contribution in [0.1, 0.15) is 25.5 Å². The zero-order valence-corrected chi connectivity index (χ0v) is 11.4. The zero-order chi connectivity index (χ0) is 11.4. The Labute approximate surface area is 109 Å². The monoisotopic (exact) mass is 327 g/mol. The quantitative estimate of drug-likeness (QED) is 0.783. The summed E-state index contributed by atoms with van der Waals surface area (Å²) >= 11 is 2.32. The first kappa shape index (κ1) is 11.6. The Morgan fingerprint density at radius 2 is 2.00 bits per heavy atom. The molecule has 0 bridgehead atoms. The molecule has 1 aromatic carbocycles. The summed E-state index contributed by atoms with van der Waals surface area (Å²) in [7, 11) is 0. The summed E-state index contributed by atoms with van der Waals surface area (Å²) in [5.74, 6) is 1.02. The Balaban J connectivity index is 2.27. The van der Waals surface area contributed by atoms with Crippen LogP contribution in [0.3, 0.4) is 0 Å². The van der Waals surface area contributed by atoms with Gasteiger partial charge in [-0.05, 0) is 29.0 Å². The second-order valence-electron chi connectivity index (χ2n) is 3.74. The summed E-state index contributed by atoms with van der Waals surface area (Å²) in [6, 6.07) is 10.2. The molecule has 0 aliphatic heterocycles. The molecule has 2 aromatic rings. The van der Waals surface area contributed by atoms with Gasteiger partial charge < -0.3 is 4.52 Å². The molecule has 0 fully saturated rings. The van der Waals surface area contributed by atoms with Gasteiger partial charge in [-0.3, -0.25) is 0 Å². The van der Waals surface area contributed by atoms with Crippen molar-refractivity contribution in [1.29, 1.82) is 0 Å². The molecule has 16 heavy (non-hydrogen) atoms. The highest BCUT2D eigenvalue weighted by Gasteiger charge is 2.13. The van der Waals surface area contributed by atoms with Crippen LogP contribution in [0.2, 0.25) is 0 Å². The lowest BCUT2D eigenvalue weighted by Crippen LogP contribution is -1.85. The number of aromatic nitrogens is 1. The van der Waals surface area contributed by atoms with Gasteiger partial charge in [-0.2, -0.15) is 0 Å². The fraction of sp³-hybridized carbons (Fsp3) is 0.308. The third kappa shape index (κ3) is 2.45. The van der Waals surface area contributed by atoms with Gasteiger partial charge in [-0.1, -0.05) is 48.8 Å². The van der Waals surface area contributed by atoms with Crippen LogP contribution in [-0.2, 0) is 6.42 Å². The first-order valence-electron chi connectivity index (χ1n) is 5.52. The lowest BCUT2D eigenvalue weighted by molar-refractivity contribution is 0.381. The van der Waals surface area contributed by atoms with E-state index in [9.17, 15) is 0 Å². The molecule has 0 aliphatic carbocycles. The number of halogens is 1. The van der Waals surface area contributed by atoms with Crippen molar-refractivity contribution < 1.29 is 4.52 Å². The van der Waals surface area contributed by atoms with E-state index in [1.165, 1.54) is 6.42 Å². The van der Waals surface area contributed by atoms with Gasteiger partial charge in [-0.15, -0.1) is 0 Å². The molecule has 0 radical (unpaired) electrons. The maximum absolute atomic E-state index is 5.39. The molecular weight excluding hydrogens is 313 g/mol. The van der Waals surface area contributed by atoms with E-state index in [0.29, 0.717) is 0 Å². The Kier molecular flexibility index (Phi) is 3.98. The summed E-state index contributed by atoms with van der Waals surface area (Å²) in [5.41, 5.74) is 2.09. The van der Waals surface area contributed by atoms with Crippen LogP contribution in [0, 0.1) is 3.57 Å². The van der Waals surface area contributed by atoms with Crippen molar-refractivity contribution in [3.05, 3.63) is 39.7 Å². The van der Waals surface area contributed by atoms with Gasteiger partial charge in [0.2, 0.25) is 0 Å². The van der Waals surface area contributed by atoms with Crippen molar-refractivity contribution in [1.82, 2.24) is 5.16 Å². The van der Waals surface area contributed by atoms with Crippen molar-refractivity contribution in [3.8, 4) is 11.3 Å². The van der Waals surface area contributed by atoms with Gasteiger partial charge in [0.05, 0.1) is 3.57 Å². The largest absolute Gasteiger partial charge is 0.360 e. The van der Waals surface area contributed by atoms with Gasteiger partial charge in [-0.25, -0.2) is 0 Å². The fourth-order valence-corrected chi connectivity index (χ4v) is 2.36. The minimum absolute atomic E-state index is 0.965. The summed E-state index contributed by atoms with van der Waals surface area (Å²) in [4.78, 5) is 0. The third-order valence-corrected chi connectivity index (χ3v) is 3.62. The summed E-state index contributed by atoms with van der Waals surface area (Å²) < 4.78 is 6.54. The molecule has 0 aliphatic rings. The van der Waals surface area contributed by atoms with E-state index in [-0.39, 0.29) is 0 Å². The summed E-state index contributed by atoms with van der Waals surface area (Å²) in [5, 5.41) is 4.16. The Morgan fingerprint density at radius 3 is 2.69 bits per heavy atom. The van der Waals surface area contributed by atoms with E-state index in [4.69, 9.17) is 4.52 Å². The molecule has 0 N–H and O–H groups in total. The zero-order valence-electron chi connectivity index (χ0n) is 9.24. The minimum atomic E-state index is 0.965. The van der Waals surface area contributed by atoms with E-state index >= 15 is 0 Å². The molecule has 0 amide bonds. The van der Waals surface area contributed by atoms with Crippen molar-refractivity contribution in [2.24, 2.45) is 0 Å². The Bertz CT molecular complexity index is 450. The van der Waals surface area contributed by atoms with Crippen molar-refractivity contribution >= 4 is 22.6 Å². The minimum Gasteiger partial charge on any atom is -0.360 e. The average Bonchev–Trinajstić information content (AvgIpc) is 2.69. The maximum Gasteiger partial charge on any atom is 0.150 e. The Morgan fingerprint density at radius 1 is 1.25 bits per heavy atom. The van der Waals surface area contributed by atoms with Gasteiger partial charge in [0.15, 0.2) is 5.76 Å². The maximum atomic E-state index is 5.39. The Hall–Kier alpha value is -0.840. The van der Waals surface area contributed by atoms with Gasteiger partial charge in [0.25, 0.3) is 0 Å². The van der Waals surface area contributed by atoms with Gasteiger partial charge in [0, 0.05) is 12.0 Å². The normalized spacial score (nSPS) is 10.6. The predicted molar refractivity (Wildman–Crippen MR) is 73.3 cm³/mol. The number of nitrogens with zero attached hydrogens (tertiary/aromatic N) is 1. The third-order valence-electron chi connectivity index (χ3n) is 2.50. The number of unbranched alkanes of at least 4 members (excludes halogenated alkanes) is 1. The standard InChI is InChI=1S/C13H14INO/c1-2-3-9-11-12(14)13(15-16-11)10-7-5-4-6-8-10/h4-8H,2-3,9H2,1H3. The molecule has 0 spiro atoms. The van der Waals surface area contributed by atoms with Crippen LogP contribution in [0.5, 0.6) is 0 Å². The average molecular weight is 327 g/mol. The van der Waals surface area contributed by atoms with Crippen LogP contribution in [0.4, 0.5) is 0 Å². The number of hydrogen-bond donors (Lipinski definition) is 0. The topological polar surface area (TPSA) is 26.0 Å². The SMILES string of the molecule is CCCCc1onc(-c2ccccc2)c1I. The molecule has 0 atom stereocenters. The molecule has 0 unspecified atom stereocenters. The molecular formula is C13H14INO. The van der Waals surface area contributed by atoms with Crippen LogP contribution >= 0.6 is 22.6 Å². The first-order chi connectivity index (χ1) is 7.83. The predicted octanol–water partition coefficient (Wildman–Crippen LogP) is 4.29. The second kappa shape index (κ2) is 5.48. The highest BCUT2D eigenvalue weighted by molar-refractivity contribution is 14.1. The molecule has 2 nitrogen and oxygen atoms in total. The number of hydrogen-bond acceptors (Lipinski definition) is 2.